The molecular weight excluding hydrogens is 216 g/mol. The van der Waals surface area contributed by atoms with Crippen LogP contribution < -0.4 is 0 Å². The van der Waals surface area contributed by atoms with Crippen molar-refractivity contribution < 1.29 is 19.8 Å². The average molecular weight is 230 g/mol. The third-order valence-corrected chi connectivity index (χ3v) is 3.66. The third kappa shape index (κ3) is 4.38. The molecule has 1 aliphatic rings. The van der Waals surface area contributed by atoms with E-state index in [2.05, 4.69) is 0 Å². The van der Waals surface area contributed by atoms with Gasteiger partial charge < -0.3 is 10.2 Å². The number of hydrogen-bond acceptors (Lipinski definition) is 3. The zero-order valence-electron chi connectivity index (χ0n) is 8.31. The zero-order valence-corrected chi connectivity index (χ0v) is 9.13. The van der Waals surface area contributed by atoms with Gasteiger partial charge in [0.25, 0.3) is 0 Å². The van der Waals surface area contributed by atoms with Crippen LogP contribution in [0, 0.1) is 0 Å². The van der Waals surface area contributed by atoms with Crippen molar-refractivity contribution in [2.45, 2.75) is 37.4 Å². The van der Waals surface area contributed by atoms with Crippen molar-refractivity contribution in [2.75, 3.05) is 0 Å². The number of carboxylic acids is 2. The second-order valence-corrected chi connectivity index (χ2v) is 4.87. The molecule has 1 fully saturated rings. The average Bonchev–Trinajstić information content (AvgIpc) is 2.17. The van der Waals surface area contributed by atoms with E-state index in [1.165, 1.54) is 18.2 Å². The Morgan fingerprint density at radius 3 is 2.20 bits per heavy atom. The Kier molecular flexibility index (Phi) is 4.68. The first-order valence-electron chi connectivity index (χ1n) is 4.94. The van der Waals surface area contributed by atoms with Gasteiger partial charge in [-0.05, 0) is 12.8 Å². The predicted molar refractivity (Wildman–Crippen MR) is 57.8 cm³/mol. The fraction of sp³-hybridized carbons (Fsp3) is 0.600. The van der Waals surface area contributed by atoms with Crippen molar-refractivity contribution in [3.05, 3.63) is 11.0 Å². The van der Waals surface area contributed by atoms with Crippen molar-refractivity contribution in [2.24, 2.45) is 0 Å². The fourth-order valence-electron chi connectivity index (χ4n) is 1.62. The molecular formula is C10H14O4S. The molecule has 0 atom stereocenters. The van der Waals surface area contributed by atoms with E-state index in [0.29, 0.717) is 0 Å². The van der Waals surface area contributed by atoms with Crippen LogP contribution in [-0.4, -0.2) is 27.4 Å². The van der Waals surface area contributed by atoms with Crippen molar-refractivity contribution in [3.63, 3.8) is 0 Å². The van der Waals surface area contributed by atoms with Crippen LogP contribution in [-0.2, 0) is 9.59 Å². The summed E-state index contributed by atoms with van der Waals surface area (Å²) in [5, 5.41) is 17.6. The molecule has 1 saturated carbocycles. The van der Waals surface area contributed by atoms with Crippen LogP contribution in [0.25, 0.3) is 0 Å². The maximum atomic E-state index is 10.8. The summed E-state index contributed by atoms with van der Waals surface area (Å²) in [4.78, 5) is 21.1. The Balaban J connectivity index is 2.57. The minimum Gasteiger partial charge on any atom is -0.478 e. The van der Waals surface area contributed by atoms with Gasteiger partial charge in [0.1, 0.15) is 0 Å². The van der Waals surface area contributed by atoms with E-state index < -0.39 is 11.9 Å². The summed E-state index contributed by atoms with van der Waals surface area (Å²) in [5.41, 5.74) is 0. The largest absolute Gasteiger partial charge is 0.478 e. The topological polar surface area (TPSA) is 74.6 Å². The first kappa shape index (κ1) is 12.1. The normalized spacial score (nSPS) is 18.8. The Hall–Kier alpha value is -0.970. The zero-order chi connectivity index (χ0) is 11.3. The maximum absolute atomic E-state index is 10.8. The van der Waals surface area contributed by atoms with E-state index in [1.54, 1.807) is 0 Å². The van der Waals surface area contributed by atoms with Crippen molar-refractivity contribution >= 4 is 23.7 Å². The smallest absolute Gasteiger partial charge is 0.342 e. The minimum absolute atomic E-state index is 0.0607. The molecule has 0 amide bonds. The Morgan fingerprint density at radius 1 is 1.13 bits per heavy atom. The van der Waals surface area contributed by atoms with Gasteiger partial charge in [0.15, 0.2) is 0 Å². The van der Waals surface area contributed by atoms with Crippen LogP contribution in [0.4, 0.5) is 0 Å². The molecule has 1 rings (SSSR count). The molecule has 0 spiro atoms. The highest BCUT2D eigenvalue weighted by Gasteiger charge is 2.19. The van der Waals surface area contributed by atoms with Gasteiger partial charge in [-0.3, -0.25) is 0 Å². The number of carbonyl (C=O) groups is 2. The summed E-state index contributed by atoms with van der Waals surface area (Å²) in [6, 6.07) is 0. The molecule has 15 heavy (non-hydrogen) atoms. The lowest BCUT2D eigenvalue weighted by Crippen LogP contribution is -2.11. The molecule has 2 N–H and O–H groups in total. The minimum atomic E-state index is -1.20. The summed E-state index contributed by atoms with van der Waals surface area (Å²) in [6.07, 6.45) is 6.16. The predicted octanol–water partition coefficient (Wildman–Crippen LogP) is 2.11. The van der Waals surface area contributed by atoms with Crippen LogP contribution in [0.5, 0.6) is 0 Å². The standard InChI is InChI=1S/C10H14O4S/c11-9(12)6-8(10(13)14)15-7-4-2-1-3-5-7/h6-7H,1-5H2,(H,11,12)(H,13,14)/b8-6-. The molecule has 0 aromatic rings. The number of hydrogen-bond donors (Lipinski definition) is 2. The fourth-order valence-corrected chi connectivity index (χ4v) is 2.82. The van der Waals surface area contributed by atoms with Crippen LogP contribution in [0.2, 0.25) is 0 Å². The second kappa shape index (κ2) is 5.80. The summed E-state index contributed by atoms with van der Waals surface area (Å²) < 4.78 is 0. The lowest BCUT2D eigenvalue weighted by molar-refractivity contribution is -0.134. The van der Waals surface area contributed by atoms with Gasteiger partial charge in [0, 0.05) is 11.3 Å². The molecule has 0 radical (unpaired) electrons. The van der Waals surface area contributed by atoms with Crippen LogP contribution >= 0.6 is 11.8 Å². The molecule has 0 aromatic carbocycles. The van der Waals surface area contributed by atoms with Gasteiger partial charge >= 0.3 is 11.9 Å². The third-order valence-electron chi connectivity index (χ3n) is 2.31. The van der Waals surface area contributed by atoms with Crippen molar-refractivity contribution in [1.82, 2.24) is 0 Å². The lowest BCUT2D eigenvalue weighted by Gasteiger charge is -2.20. The molecule has 0 aromatic heterocycles. The highest BCUT2D eigenvalue weighted by Crippen LogP contribution is 2.32. The molecule has 0 unspecified atom stereocenters. The van der Waals surface area contributed by atoms with Crippen molar-refractivity contribution in [1.29, 1.82) is 0 Å². The molecule has 1 aliphatic carbocycles. The summed E-state index contributed by atoms with van der Waals surface area (Å²) in [5.74, 6) is -2.34. The molecule has 84 valence electrons. The number of thioether (sulfide) groups is 1. The molecule has 0 bridgehead atoms. The van der Waals surface area contributed by atoms with E-state index in [4.69, 9.17) is 10.2 Å². The lowest BCUT2D eigenvalue weighted by atomic mass is 10.0. The maximum Gasteiger partial charge on any atom is 0.342 e. The molecule has 5 heteroatoms. The van der Waals surface area contributed by atoms with Gasteiger partial charge in [-0.2, -0.15) is 0 Å². The van der Waals surface area contributed by atoms with E-state index in [-0.39, 0.29) is 10.2 Å². The molecule has 0 heterocycles. The second-order valence-electron chi connectivity index (χ2n) is 3.53. The Bertz CT molecular complexity index is 279. The highest BCUT2D eigenvalue weighted by atomic mass is 32.2. The number of carboxylic acid groups (broad SMARTS) is 2. The number of rotatable bonds is 4. The van der Waals surface area contributed by atoms with Crippen molar-refractivity contribution in [3.8, 4) is 0 Å². The van der Waals surface area contributed by atoms with Gasteiger partial charge in [0.05, 0.1) is 4.91 Å². The highest BCUT2D eigenvalue weighted by molar-refractivity contribution is 8.04. The van der Waals surface area contributed by atoms with E-state index in [1.807, 2.05) is 0 Å². The number of aliphatic carboxylic acids is 2. The summed E-state index contributed by atoms with van der Waals surface area (Å²) in [7, 11) is 0. The molecule has 0 aliphatic heterocycles. The monoisotopic (exact) mass is 230 g/mol. The van der Waals surface area contributed by atoms with Gasteiger partial charge in [-0.1, -0.05) is 19.3 Å². The Morgan fingerprint density at radius 2 is 1.73 bits per heavy atom. The van der Waals surface area contributed by atoms with E-state index in [0.717, 1.165) is 31.8 Å². The van der Waals surface area contributed by atoms with Crippen LogP contribution in [0.15, 0.2) is 11.0 Å². The van der Waals surface area contributed by atoms with Gasteiger partial charge in [0.2, 0.25) is 0 Å². The Labute approximate surface area is 92.4 Å². The van der Waals surface area contributed by atoms with Gasteiger partial charge in [-0.15, -0.1) is 11.8 Å². The summed E-state index contributed by atoms with van der Waals surface area (Å²) in [6.45, 7) is 0. The first-order chi connectivity index (χ1) is 7.09. The van der Waals surface area contributed by atoms with Crippen LogP contribution in [0.1, 0.15) is 32.1 Å². The molecule has 0 saturated heterocycles. The molecule has 4 nitrogen and oxygen atoms in total. The SMILES string of the molecule is O=C(O)/C=C(\SC1CCCCC1)C(=O)O. The van der Waals surface area contributed by atoms with E-state index in [9.17, 15) is 9.59 Å². The quantitative estimate of drug-likeness (QED) is 0.723. The first-order valence-corrected chi connectivity index (χ1v) is 5.82. The van der Waals surface area contributed by atoms with Crippen LogP contribution in [0.3, 0.4) is 0 Å². The van der Waals surface area contributed by atoms with E-state index >= 15 is 0 Å². The summed E-state index contributed by atoms with van der Waals surface area (Å²) >= 11 is 1.18. The van der Waals surface area contributed by atoms with Gasteiger partial charge in [-0.25, -0.2) is 9.59 Å².